The molecule has 1 aliphatic rings. The standard InChI is InChI=1S/C13H17FN4O2/c1-13(12(15)17-20)2-4-18(5-3-13)11(19)9-6-10(14)8-16-7-9/h6-8,20H,2-5H2,1H3,(H2,15,17). The van der Waals surface area contributed by atoms with Gasteiger partial charge in [-0.2, -0.15) is 0 Å². The van der Waals surface area contributed by atoms with Crippen LogP contribution in [-0.2, 0) is 0 Å². The van der Waals surface area contributed by atoms with E-state index in [1.165, 1.54) is 12.3 Å². The van der Waals surface area contributed by atoms with Crippen LogP contribution in [0.5, 0.6) is 0 Å². The molecule has 0 aromatic carbocycles. The van der Waals surface area contributed by atoms with Gasteiger partial charge >= 0.3 is 0 Å². The molecule has 0 atom stereocenters. The van der Waals surface area contributed by atoms with Gasteiger partial charge in [0.05, 0.1) is 11.8 Å². The zero-order valence-electron chi connectivity index (χ0n) is 11.2. The third kappa shape index (κ3) is 2.71. The van der Waals surface area contributed by atoms with Crippen molar-refractivity contribution in [3.05, 3.63) is 29.8 Å². The molecule has 2 heterocycles. The van der Waals surface area contributed by atoms with Gasteiger partial charge in [0.1, 0.15) is 11.7 Å². The van der Waals surface area contributed by atoms with Crippen molar-refractivity contribution in [2.45, 2.75) is 19.8 Å². The van der Waals surface area contributed by atoms with Crippen molar-refractivity contribution < 1.29 is 14.4 Å². The van der Waals surface area contributed by atoms with Crippen LogP contribution in [0.15, 0.2) is 23.6 Å². The number of nitrogens with two attached hydrogens (primary N) is 1. The quantitative estimate of drug-likeness (QED) is 0.368. The second-order valence-corrected chi connectivity index (χ2v) is 5.23. The number of piperidine rings is 1. The van der Waals surface area contributed by atoms with Gasteiger partial charge in [-0.15, -0.1) is 0 Å². The number of amides is 1. The fraction of sp³-hybridized carbons (Fsp3) is 0.462. The van der Waals surface area contributed by atoms with Gasteiger partial charge in [0.15, 0.2) is 0 Å². The van der Waals surface area contributed by atoms with E-state index in [1.807, 2.05) is 6.92 Å². The molecule has 6 nitrogen and oxygen atoms in total. The number of aromatic nitrogens is 1. The van der Waals surface area contributed by atoms with Crippen molar-refractivity contribution in [1.29, 1.82) is 0 Å². The van der Waals surface area contributed by atoms with Crippen LogP contribution in [0.25, 0.3) is 0 Å². The molecule has 0 aliphatic carbocycles. The number of carbonyl (C=O) groups is 1. The first-order chi connectivity index (χ1) is 9.46. The van der Waals surface area contributed by atoms with E-state index < -0.39 is 11.2 Å². The van der Waals surface area contributed by atoms with Crippen molar-refractivity contribution in [2.75, 3.05) is 13.1 Å². The number of halogens is 1. The summed E-state index contributed by atoms with van der Waals surface area (Å²) in [4.78, 5) is 17.5. The topological polar surface area (TPSA) is 91.8 Å². The molecule has 1 saturated heterocycles. The van der Waals surface area contributed by atoms with E-state index in [-0.39, 0.29) is 17.3 Å². The van der Waals surface area contributed by atoms with E-state index in [2.05, 4.69) is 10.1 Å². The number of nitrogens with zero attached hydrogens (tertiary/aromatic N) is 3. The maximum atomic E-state index is 13.1. The molecule has 20 heavy (non-hydrogen) atoms. The number of amidine groups is 1. The van der Waals surface area contributed by atoms with E-state index >= 15 is 0 Å². The number of oxime groups is 1. The Morgan fingerprint density at radius 2 is 2.15 bits per heavy atom. The van der Waals surface area contributed by atoms with Crippen LogP contribution in [0.1, 0.15) is 30.1 Å². The molecule has 1 fully saturated rings. The number of rotatable bonds is 2. The lowest BCUT2D eigenvalue weighted by Gasteiger charge is -2.38. The summed E-state index contributed by atoms with van der Waals surface area (Å²) in [5.41, 5.74) is 5.49. The highest BCUT2D eigenvalue weighted by Gasteiger charge is 2.35. The van der Waals surface area contributed by atoms with Crippen LogP contribution in [-0.4, -0.2) is 39.9 Å². The molecule has 0 radical (unpaired) electrons. The summed E-state index contributed by atoms with van der Waals surface area (Å²) in [6.07, 6.45) is 3.60. The first-order valence-electron chi connectivity index (χ1n) is 6.34. The van der Waals surface area contributed by atoms with Crippen LogP contribution in [0.4, 0.5) is 4.39 Å². The molecule has 0 bridgehead atoms. The fourth-order valence-corrected chi connectivity index (χ4v) is 2.29. The highest BCUT2D eigenvalue weighted by atomic mass is 19.1. The predicted octanol–water partition coefficient (Wildman–Crippen LogP) is 1.21. The van der Waals surface area contributed by atoms with Crippen LogP contribution >= 0.6 is 0 Å². The maximum absolute atomic E-state index is 13.1. The van der Waals surface area contributed by atoms with E-state index in [0.29, 0.717) is 25.9 Å². The first kappa shape index (κ1) is 14.2. The minimum Gasteiger partial charge on any atom is -0.409 e. The van der Waals surface area contributed by atoms with Gasteiger partial charge in [-0.1, -0.05) is 12.1 Å². The van der Waals surface area contributed by atoms with Gasteiger partial charge in [-0.25, -0.2) is 4.39 Å². The number of carbonyl (C=O) groups excluding carboxylic acids is 1. The molecule has 3 N–H and O–H groups in total. The van der Waals surface area contributed by atoms with Gasteiger partial charge in [0.2, 0.25) is 0 Å². The summed E-state index contributed by atoms with van der Waals surface area (Å²) in [5.74, 6) is -0.607. The Kier molecular flexibility index (Phi) is 3.87. The molecular weight excluding hydrogens is 263 g/mol. The minimum atomic E-state index is -0.533. The third-order valence-electron chi connectivity index (χ3n) is 3.83. The third-order valence-corrected chi connectivity index (χ3v) is 3.83. The Balaban J connectivity index is 2.06. The number of hydrogen-bond acceptors (Lipinski definition) is 4. The average molecular weight is 280 g/mol. The van der Waals surface area contributed by atoms with Crippen molar-refractivity contribution in [1.82, 2.24) is 9.88 Å². The molecule has 108 valence electrons. The molecular formula is C13H17FN4O2. The van der Waals surface area contributed by atoms with Gasteiger partial charge in [0, 0.05) is 24.7 Å². The van der Waals surface area contributed by atoms with Crippen molar-refractivity contribution in [2.24, 2.45) is 16.3 Å². The molecule has 1 aromatic rings. The Morgan fingerprint density at radius 1 is 1.50 bits per heavy atom. The van der Waals surface area contributed by atoms with E-state index in [9.17, 15) is 9.18 Å². The molecule has 1 aromatic heterocycles. The van der Waals surface area contributed by atoms with Crippen molar-refractivity contribution in [3.8, 4) is 0 Å². The van der Waals surface area contributed by atoms with Crippen molar-refractivity contribution in [3.63, 3.8) is 0 Å². The Hall–Kier alpha value is -2.18. The van der Waals surface area contributed by atoms with Gasteiger partial charge in [-0.3, -0.25) is 9.78 Å². The average Bonchev–Trinajstić information content (AvgIpc) is 2.46. The monoisotopic (exact) mass is 280 g/mol. The molecule has 1 amide bonds. The second kappa shape index (κ2) is 5.44. The van der Waals surface area contributed by atoms with E-state index in [4.69, 9.17) is 10.9 Å². The van der Waals surface area contributed by atoms with Crippen LogP contribution in [0.2, 0.25) is 0 Å². The minimum absolute atomic E-state index is 0.178. The van der Waals surface area contributed by atoms with Gasteiger partial charge < -0.3 is 15.8 Å². The molecule has 0 spiro atoms. The van der Waals surface area contributed by atoms with Crippen LogP contribution in [0.3, 0.4) is 0 Å². The number of likely N-dealkylation sites (tertiary alicyclic amines) is 1. The maximum Gasteiger partial charge on any atom is 0.255 e. The Morgan fingerprint density at radius 3 is 2.70 bits per heavy atom. The van der Waals surface area contributed by atoms with Crippen molar-refractivity contribution >= 4 is 11.7 Å². The molecule has 0 unspecified atom stereocenters. The summed E-state index contributed by atoms with van der Waals surface area (Å²) in [5, 5.41) is 11.8. The summed E-state index contributed by atoms with van der Waals surface area (Å²) in [6.45, 7) is 2.84. The number of pyridine rings is 1. The van der Waals surface area contributed by atoms with Gasteiger partial charge in [-0.05, 0) is 18.9 Å². The predicted molar refractivity (Wildman–Crippen MR) is 70.8 cm³/mol. The molecule has 0 saturated carbocycles. The van der Waals surface area contributed by atoms with Gasteiger partial charge in [0.25, 0.3) is 5.91 Å². The lowest BCUT2D eigenvalue weighted by Crippen LogP contribution is -2.47. The number of hydrogen-bond donors (Lipinski definition) is 2. The first-order valence-corrected chi connectivity index (χ1v) is 6.34. The summed E-state index contributed by atoms with van der Waals surface area (Å²) >= 11 is 0. The van der Waals surface area contributed by atoms with Crippen LogP contribution < -0.4 is 5.73 Å². The summed E-state index contributed by atoms with van der Waals surface area (Å²) < 4.78 is 13.1. The highest BCUT2D eigenvalue weighted by molar-refractivity contribution is 5.94. The largest absolute Gasteiger partial charge is 0.409 e. The van der Waals surface area contributed by atoms with Crippen LogP contribution in [0, 0.1) is 11.2 Å². The Labute approximate surface area is 116 Å². The summed E-state index contributed by atoms with van der Waals surface area (Å²) in [7, 11) is 0. The lowest BCUT2D eigenvalue weighted by molar-refractivity contribution is 0.0665. The SMILES string of the molecule is CC1(/C(N)=N/O)CCN(C(=O)c2cncc(F)c2)CC1. The lowest BCUT2D eigenvalue weighted by atomic mass is 9.79. The second-order valence-electron chi connectivity index (χ2n) is 5.23. The molecule has 2 rings (SSSR count). The van der Waals surface area contributed by atoms with E-state index in [0.717, 1.165) is 6.20 Å². The zero-order chi connectivity index (χ0) is 14.8. The smallest absolute Gasteiger partial charge is 0.255 e. The molecule has 1 aliphatic heterocycles. The molecule has 7 heteroatoms. The van der Waals surface area contributed by atoms with E-state index in [1.54, 1.807) is 4.90 Å². The summed E-state index contributed by atoms with van der Waals surface area (Å²) in [6, 6.07) is 1.17. The normalized spacial score (nSPS) is 18.9. The fourth-order valence-electron chi connectivity index (χ4n) is 2.29. The highest BCUT2D eigenvalue weighted by Crippen LogP contribution is 2.31. The zero-order valence-corrected chi connectivity index (χ0v) is 11.2. The Bertz CT molecular complexity index is 539.